The molecule has 1 aliphatic rings. The van der Waals surface area contributed by atoms with Crippen LogP contribution < -0.4 is 9.62 Å². The quantitative estimate of drug-likeness (QED) is 0.252. The molecule has 0 saturated heterocycles. The van der Waals surface area contributed by atoms with E-state index >= 15 is 0 Å². The van der Waals surface area contributed by atoms with Crippen LogP contribution in [0.3, 0.4) is 0 Å². The van der Waals surface area contributed by atoms with Crippen molar-refractivity contribution in [2.75, 3.05) is 17.1 Å². The monoisotopic (exact) mass is 607 g/mol. The molecule has 1 atom stereocenters. The molecule has 0 spiro atoms. The Morgan fingerprint density at radius 3 is 2.19 bits per heavy atom. The van der Waals surface area contributed by atoms with E-state index < -0.39 is 28.5 Å². The minimum Gasteiger partial charge on any atom is -0.352 e. The van der Waals surface area contributed by atoms with E-state index in [-0.39, 0.29) is 23.4 Å². The van der Waals surface area contributed by atoms with E-state index in [0.717, 1.165) is 51.6 Å². The Labute approximate surface area is 254 Å². The molecular weight excluding hydrogens is 567 g/mol. The highest BCUT2D eigenvalue weighted by Gasteiger charge is 2.34. The number of aryl methyl sites for hydroxylation is 2. The molecule has 0 bridgehead atoms. The molecule has 0 aromatic heterocycles. The summed E-state index contributed by atoms with van der Waals surface area (Å²) in [6, 6.07) is 20.9. The summed E-state index contributed by atoms with van der Waals surface area (Å²) < 4.78 is 29.3. The van der Waals surface area contributed by atoms with Gasteiger partial charge in [0.25, 0.3) is 10.0 Å². The van der Waals surface area contributed by atoms with Crippen molar-refractivity contribution >= 4 is 39.3 Å². The maximum absolute atomic E-state index is 14.3. The molecule has 4 rings (SSSR count). The van der Waals surface area contributed by atoms with Crippen molar-refractivity contribution in [2.24, 2.45) is 0 Å². The highest BCUT2D eigenvalue weighted by Crippen LogP contribution is 2.27. The number of carbonyl (C=O) groups is 2. The van der Waals surface area contributed by atoms with Gasteiger partial charge in [-0.25, -0.2) is 8.42 Å². The maximum Gasteiger partial charge on any atom is 0.264 e. The number of benzene rings is 3. The predicted octanol–water partition coefficient (Wildman–Crippen LogP) is 6.09. The van der Waals surface area contributed by atoms with Gasteiger partial charge in [0.05, 0.1) is 10.6 Å². The Hall–Kier alpha value is -3.30. The summed E-state index contributed by atoms with van der Waals surface area (Å²) in [5, 5.41) is 3.16. The van der Waals surface area contributed by atoms with Gasteiger partial charge in [0.2, 0.25) is 11.8 Å². The molecule has 0 aliphatic heterocycles. The maximum atomic E-state index is 14.3. The van der Waals surface area contributed by atoms with Crippen molar-refractivity contribution in [3.63, 3.8) is 0 Å². The number of hydrogen-bond donors (Lipinski definition) is 1. The molecule has 0 radical (unpaired) electrons. The summed E-state index contributed by atoms with van der Waals surface area (Å²) in [7, 11) is -4.10. The number of amides is 2. The second kappa shape index (κ2) is 14.2. The molecule has 1 aliphatic carbocycles. The van der Waals surface area contributed by atoms with Gasteiger partial charge in [-0.3, -0.25) is 13.9 Å². The van der Waals surface area contributed by atoms with Crippen molar-refractivity contribution < 1.29 is 18.0 Å². The predicted molar refractivity (Wildman–Crippen MR) is 170 cm³/mol. The van der Waals surface area contributed by atoms with E-state index in [1.54, 1.807) is 41.3 Å². The number of carbonyl (C=O) groups excluding carboxylic acids is 2. The third kappa shape index (κ3) is 7.55. The topological polar surface area (TPSA) is 86.8 Å². The van der Waals surface area contributed by atoms with Crippen LogP contribution in [0.2, 0.25) is 0 Å². The van der Waals surface area contributed by atoms with Gasteiger partial charge in [-0.2, -0.15) is 0 Å². The first-order valence-corrected chi connectivity index (χ1v) is 17.2. The molecule has 1 saturated carbocycles. The first kappa shape index (κ1) is 31.6. The molecule has 42 heavy (non-hydrogen) atoms. The van der Waals surface area contributed by atoms with Gasteiger partial charge >= 0.3 is 0 Å². The van der Waals surface area contributed by atoms with Crippen molar-refractivity contribution in [3.8, 4) is 0 Å². The van der Waals surface area contributed by atoms with Crippen molar-refractivity contribution in [1.82, 2.24) is 10.2 Å². The zero-order valence-electron chi connectivity index (χ0n) is 24.9. The van der Waals surface area contributed by atoms with E-state index in [1.165, 1.54) is 11.8 Å². The fourth-order valence-electron chi connectivity index (χ4n) is 5.37. The Balaban J connectivity index is 1.71. The van der Waals surface area contributed by atoms with E-state index in [4.69, 9.17) is 0 Å². The molecule has 1 N–H and O–H groups in total. The Bertz CT molecular complexity index is 1470. The molecule has 3 aromatic carbocycles. The number of hydrogen-bond acceptors (Lipinski definition) is 5. The Kier molecular flexibility index (Phi) is 10.7. The van der Waals surface area contributed by atoms with Gasteiger partial charge in [0.1, 0.15) is 12.6 Å². The number of nitrogens with one attached hydrogen (secondary N) is 1. The minimum absolute atomic E-state index is 0.102. The summed E-state index contributed by atoms with van der Waals surface area (Å²) in [4.78, 5) is 30.4. The van der Waals surface area contributed by atoms with Crippen LogP contribution in [0.25, 0.3) is 0 Å². The minimum atomic E-state index is -4.10. The SMILES string of the molecule is CC[C@H](C(=O)NC1CCCC1)N(Cc1ccccc1C)C(=O)CN(c1ccc(C)cc1)S(=O)(=O)c1ccc(SC)cc1. The number of thioether (sulfide) groups is 1. The lowest BCUT2D eigenvalue weighted by atomic mass is 10.1. The molecule has 1 fully saturated rings. The van der Waals surface area contributed by atoms with Crippen molar-refractivity contribution in [1.29, 1.82) is 0 Å². The van der Waals surface area contributed by atoms with Crippen LogP contribution in [-0.2, 0) is 26.2 Å². The summed E-state index contributed by atoms with van der Waals surface area (Å²) >= 11 is 1.52. The molecule has 224 valence electrons. The van der Waals surface area contributed by atoms with E-state index in [0.29, 0.717) is 12.1 Å². The lowest BCUT2D eigenvalue weighted by molar-refractivity contribution is -0.140. The second-order valence-electron chi connectivity index (χ2n) is 10.9. The molecule has 7 nitrogen and oxygen atoms in total. The molecule has 2 amide bonds. The highest BCUT2D eigenvalue weighted by molar-refractivity contribution is 7.98. The van der Waals surface area contributed by atoms with Gasteiger partial charge in [0, 0.05) is 17.5 Å². The molecule has 3 aromatic rings. The van der Waals surface area contributed by atoms with Crippen LogP contribution in [0.15, 0.2) is 82.6 Å². The smallest absolute Gasteiger partial charge is 0.264 e. The van der Waals surface area contributed by atoms with Crippen LogP contribution in [0, 0.1) is 13.8 Å². The zero-order chi connectivity index (χ0) is 30.3. The fourth-order valence-corrected chi connectivity index (χ4v) is 7.20. The standard InChI is InChI=1S/C33H41N3O4S2/c1-5-31(33(38)34-27-12-8-9-13-27)35(22-26-11-7-6-10-25(26)3)32(37)23-36(28-16-14-24(2)15-17-28)42(39,40)30-20-18-29(41-4)19-21-30/h6-7,10-11,14-21,27,31H,5,8-9,12-13,22-23H2,1-4H3,(H,34,38)/t31-/m1/s1. The number of rotatable bonds is 12. The number of anilines is 1. The van der Waals surface area contributed by atoms with Gasteiger partial charge in [0.15, 0.2) is 0 Å². The van der Waals surface area contributed by atoms with Gasteiger partial charge in [-0.15, -0.1) is 11.8 Å². The number of sulfonamides is 1. The van der Waals surface area contributed by atoms with E-state index in [9.17, 15) is 18.0 Å². The Morgan fingerprint density at radius 1 is 0.952 bits per heavy atom. The number of nitrogens with zero attached hydrogens (tertiary/aromatic N) is 2. The normalized spacial score (nSPS) is 14.4. The zero-order valence-corrected chi connectivity index (χ0v) is 26.5. The van der Waals surface area contributed by atoms with Crippen LogP contribution in [0.4, 0.5) is 5.69 Å². The molecule has 0 unspecified atom stereocenters. The fraction of sp³-hybridized carbons (Fsp3) is 0.394. The van der Waals surface area contributed by atoms with E-state index in [1.807, 2.05) is 63.4 Å². The first-order valence-electron chi connectivity index (χ1n) is 14.5. The summed E-state index contributed by atoms with van der Waals surface area (Å²) in [5.41, 5.74) is 3.28. The summed E-state index contributed by atoms with van der Waals surface area (Å²) in [6.45, 7) is 5.55. The van der Waals surface area contributed by atoms with Crippen molar-refractivity contribution in [3.05, 3.63) is 89.5 Å². The van der Waals surface area contributed by atoms with Gasteiger partial charge in [-0.1, -0.05) is 61.7 Å². The average molecular weight is 608 g/mol. The Morgan fingerprint density at radius 2 is 1.60 bits per heavy atom. The largest absolute Gasteiger partial charge is 0.352 e. The highest BCUT2D eigenvalue weighted by atomic mass is 32.2. The summed E-state index contributed by atoms with van der Waals surface area (Å²) in [6.07, 6.45) is 6.36. The molecule has 0 heterocycles. The first-order chi connectivity index (χ1) is 20.1. The van der Waals surface area contributed by atoms with Gasteiger partial charge < -0.3 is 10.2 Å². The van der Waals surface area contributed by atoms with E-state index in [2.05, 4.69) is 5.32 Å². The lowest BCUT2D eigenvalue weighted by Gasteiger charge is -2.34. The van der Waals surface area contributed by atoms with Crippen LogP contribution in [0.5, 0.6) is 0 Å². The van der Waals surface area contributed by atoms with Crippen LogP contribution in [-0.4, -0.2) is 50.0 Å². The van der Waals surface area contributed by atoms with Crippen LogP contribution >= 0.6 is 11.8 Å². The molecule has 9 heteroatoms. The third-order valence-corrected chi connectivity index (χ3v) is 10.5. The van der Waals surface area contributed by atoms with Gasteiger partial charge in [-0.05, 0) is 86.9 Å². The molecular formula is C33H41N3O4S2. The third-order valence-electron chi connectivity index (χ3n) is 7.94. The lowest BCUT2D eigenvalue weighted by Crippen LogP contribution is -2.53. The second-order valence-corrected chi connectivity index (χ2v) is 13.6. The van der Waals surface area contributed by atoms with Crippen LogP contribution in [0.1, 0.15) is 55.7 Å². The average Bonchev–Trinajstić information content (AvgIpc) is 3.50. The van der Waals surface area contributed by atoms with Crippen molar-refractivity contribution in [2.45, 2.75) is 81.3 Å². The summed E-state index contributed by atoms with van der Waals surface area (Å²) in [5.74, 6) is -0.625.